The number of aliphatic hydroxyl groups is 1. The standard InChI is InChI=1S/C25H30ClNO3/c1-30-23(29)25(27-21-9-4-8-20(26)17-21)13-11-24(12-14-25)19(7-5-15-28)16-18-6-2-3-10-22(18)24/h2-4,6,8-10,17,19,27-28H,5,7,11-16H2,1H3/t19-,24?,25?/m1/s1. The number of methoxy groups -OCH3 is 1. The molecule has 0 saturated heterocycles. The largest absolute Gasteiger partial charge is 0.467 e. The van der Waals surface area contributed by atoms with E-state index in [1.165, 1.54) is 18.2 Å². The summed E-state index contributed by atoms with van der Waals surface area (Å²) in [5, 5.41) is 13.5. The number of anilines is 1. The number of nitrogens with one attached hydrogen (secondary N) is 1. The quantitative estimate of drug-likeness (QED) is 0.628. The van der Waals surface area contributed by atoms with E-state index in [0.29, 0.717) is 23.8 Å². The Kier molecular flexibility index (Phi) is 6.08. The second-order valence-corrected chi connectivity index (χ2v) is 9.23. The number of fused-ring (bicyclic) bond motifs is 2. The molecule has 30 heavy (non-hydrogen) atoms. The molecule has 1 fully saturated rings. The molecule has 2 aliphatic rings. The summed E-state index contributed by atoms with van der Waals surface area (Å²) < 4.78 is 5.24. The summed E-state index contributed by atoms with van der Waals surface area (Å²) in [5.41, 5.74) is 3.03. The van der Waals surface area contributed by atoms with Crippen LogP contribution in [0.15, 0.2) is 48.5 Å². The van der Waals surface area contributed by atoms with Gasteiger partial charge in [0.05, 0.1) is 7.11 Å². The second-order valence-electron chi connectivity index (χ2n) is 8.79. The highest BCUT2D eigenvalue weighted by atomic mass is 35.5. The molecule has 0 unspecified atom stereocenters. The summed E-state index contributed by atoms with van der Waals surface area (Å²) >= 11 is 6.17. The van der Waals surface area contributed by atoms with Crippen molar-refractivity contribution in [2.45, 2.75) is 55.9 Å². The van der Waals surface area contributed by atoms with Crippen molar-refractivity contribution < 1.29 is 14.6 Å². The summed E-state index contributed by atoms with van der Waals surface area (Å²) in [6, 6.07) is 16.3. The molecule has 1 atom stereocenters. The van der Waals surface area contributed by atoms with Gasteiger partial charge in [-0.25, -0.2) is 4.79 Å². The van der Waals surface area contributed by atoms with Crippen molar-refractivity contribution in [3.8, 4) is 0 Å². The SMILES string of the molecule is COC(=O)C1(Nc2cccc(Cl)c2)CCC2(CC1)c1ccccc1C[C@H]2CCCO. The molecule has 0 heterocycles. The average molecular weight is 428 g/mol. The predicted octanol–water partition coefficient (Wildman–Crippen LogP) is 5.12. The van der Waals surface area contributed by atoms with Crippen LogP contribution in [-0.4, -0.2) is 30.3 Å². The first-order valence-corrected chi connectivity index (χ1v) is 11.2. The zero-order valence-electron chi connectivity index (χ0n) is 17.5. The van der Waals surface area contributed by atoms with Gasteiger partial charge in [-0.15, -0.1) is 0 Å². The van der Waals surface area contributed by atoms with Gasteiger partial charge >= 0.3 is 5.97 Å². The Morgan fingerprint density at radius 2 is 1.93 bits per heavy atom. The van der Waals surface area contributed by atoms with Gasteiger partial charge in [0.15, 0.2) is 0 Å². The molecule has 4 rings (SSSR count). The van der Waals surface area contributed by atoms with Gasteiger partial charge in [-0.2, -0.15) is 0 Å². The maximum absolute atomic E-state index is 12.9. The Morgan fingerprint density at radius 1 is 1.17 bits per heavy atom. The van der Waals surface area contributed by atoms with Gasteiger partial charge in [0.25, 0.3) is 0 Å². The van der Waals surface area contributed by atoms with E-state index in [2.05, 4.69) is 29.6 Å². The third-order valence-electron chi connectivity index (χ3n) is 7.29. The summed E-state index contributed by atoms with van der Waals surface area (Å²) in [4.78, 5) is 12.9. The van der Waals surface area contributed by atoms with Crippen molar-refractivity contribution in [3.05, 3.63) is 64.7 Å². The maximum Gasteiger partial charge on any atom is 0.331 e. The number of carbonyl (C=O) groups excluding carboxylic acids is 1. The van der Waals surface area contributed by atoms with Crippen molar-refractivity contribution in [2.24, 2.45) is 5.92 Å². The van der Waals surface area contributed by atoms with Crippen molar-refractivity contribution in [1.29, 1.82) is 0 Å². The van der Waals surface area contributed by atoms with Crippen LogP contribution in [0.5, 0.6) is 0 Å². The van der Waals surface area contributed by atoms with Crippen molar-refractivity contribution in [3.63, 3.8) is 0 Å². The van der Waals surface area contributed by atoms with Crippen LogP contribution in [0.25, 0.3) is 0 Å². The average Bonchev–Trinajstić information content (AvgIpc) is 3.06. The van der Waals surface area contributed by atoms with Crippen LogP contribution in [0.4, 0.5) is 5.69 Å². The van der Waals surface area contributed by atoms with Gasteiger partial charge in [-0.1, -0.05) is 41.9 Å². The number of aliphatic hydroxyl groups excluding tert-OH is 1. The molecule has 0 amide bonds. The Balaban J connectivity index is 1.63. The fourth-order valence-corrected chi connectivity index (χ4v) is 5.99. The number of esters is 1. The third-order valence-corrected chi connectivity index (χ3v) is 7.53. The topological polar surface area (TPSA) is 58.6 Å². The zero-order valence-corrected chi connectivity index (χ0v) is 18.3. The number of benzene rings is 2. The van der Waals surface area contributed by atoms with E-state index in [1.807, 2.05) is 24.3 Å². The summed E-state index contributed by atoms with van der Waals surface area (Å²) in [7, 11) is 1.46. The van der Waals surface area contributed by atoms with Crippen LogP contribution in [0.3, 0.4) is 0 Å². The van der Waals surface area contributed by atoms with E-state index in [-0.39, 0.29) is 18.0 Å². The summed E-state index contributed by atoms with van der Waals surface area (Å²) in [6.07, 6.45) is 6.14. The van der Waals surface area contributed by atoms with E-state index in [1.54, 1.807) is 0 Å². The fraction of sp³-hybridized carbons (Fsp3) is 0.480. The number of rotatable bonds is 6. The zero-order chi connectivity index (χ0) is 21.2. The molecule has 0 aliphatic heterocycles. The molecule has 2 aromatic rings. The van der Waals surface area contributed by atoms with Gasteiger partial charge in [0.1, 0.15) is 5.54 Å². The normalized spacial score (nSPS) is 27.6. The molecule has 0 aromatic heterocycles. The minimum Gasteiger partial charge on any atom is -0.467 e. The number of carbonyl (C=O) groups is 1. The van der Waals surface area contributed by atoms with Gasteiger partial charge in [0.2, 0.25) is 0 Å². The lowest BCUT2D eigenvalue weighted by Gasteiger charge is -2.47. The third kappa shape index (κ3) is 3.72. The van der Waals surface area contributed by atoms with Crippen LogP contribution in [-0.2, 0) is 21.4 Å². The molecule has 2 aliphatic carbocycles. The fourth-order valence-electron chi connectivity index (χ4n) is 5.80. The molecule has 1 saturated carbocycles. The Labute approximate surface area is 183 Å². The van der Waals surface area contributed by atoms with E-state index in [9.17, 15) is 9.90 Å². The molecule has 4 nitrogen and oxygen atoms in total. The number of hydrogen-bond donors (Lipinski definition) is 2. The highest BCUT2D eigenvalue weighted by Crippen LogP contribution is 2.55. The van der Waals surface area contributed by atoms with E-state index in [0.717, 1.165) is 37.8 Å². The second kappa shape index (κ2) is 8.60. The molecule has 5 heteroatoms. The van der Waals surface area contributed by atoms with Gasteiger partial charge in [-0.05, 0) is 85.6 Å². The van der Waals surface area contributed by atoms with Crippen molar-refractivity contribution in [2.75, 3.05) is 19.0 Å². The summed E-state index contributed by atoms with van der Waals surface area (Å²) in [5.74, 6) is 0.291. The molecule has 0 radical (unpaired) electrons. The van der Waals surface area contributed by atoms with Crippen LogP contribution in [0.2, 0.25) is 5.02 Å². The summed E-state index contributed by atoms with van der Waals surface area (Å²) in [6.45, 7) is 0.228. The van der Waals surface area contributed by atoms with E-state index in [4.69, 9.17) is 16.3 Å². The van der Waals surface area contributed by atoms with Gasteiger partial charge in [-0.3, -0.25) is 0 Å². The molecule has 2 aromatic carbocycles. The molecule has 160 valence electrons. The number of hydrogen-bond acceptors (Lipinski definition) is 4. The lowest BCUT2D eigenvalue weighted by atomic mass is 9.60. The minimum absolute atomic E-state index is 0.0687. The van der Waals surface area contributed by atoms with Gasteiger partial charge < -0.3 is 15.2 Å². The molecule has 1 spiro atoms. The first-order valence-electron chi connectivity index (χ1n) is 10.8. The predicted molar refractivity (Wildman–Crippen MR) is 120 cm³/mol. The maximum atomic E-state index is 12.9. The monoisotopic (exact) mass is 427 g/mol. The van der Waals surface area contributed by atoms with E-state index >= 15 is 0 Å². The molecule has 0 bridgehead atoms. The lowest BCUT2D eigenvalue weighted by Crippen LogP contribution is -2.53. The van der Waals surface area contributed by atoms with Crippen molar-refractivity contribution >= 4 is 23.3 Å². The van der Waals surface area contributed by atoms with Crippen LogP contribution in [0, 0.1) is 5.92 Å². The Morgan fingerprint density at radius 3 is 2.63 bits per heavy atom. The van der Waals surface area contributed by atoms with Gasteiger partial charge in [0, 0.05) is 17.3 Å². The Bertz CT molecular complexity index is 905. The first kappa shape index (κ1) is 21.2. The van der Waals surface area contributed by atoms with Crippen LogP contribution >= 0.6 is 11.6 Å². The molecule has 2 N–H and O–H groups in total. The number of halogens is 1. The lowest BCUT2D eigenvalue weighted by molar-refractivity contribution is -0.148. The van der Waals surface area contributed by atoms with Crippen molar-refractivity contribution in [1.82, 2.24) is 0 Å². The highest BCUT2D eigenvalue weighted by molar-refractivity contribution is 6.30. The molecular formula is C25H30ClNO3. The molecular weight excluding hydrogens is 398 g/mol. The number of ether oxygens (including phenoxy) is 1. The van der Waals surface area contributed by atoms with Crippen LogP contribution < -0.4 is 5.32 Å². The first-order chi connectivity index (χ1) is 14.5. The smallest absolute Gasteiger partial charge is 0.331 e. The highest BCUT2D eigenvalue weighted by Gasteiger charge is 2.53. The van der Waals surface area contributed by atoms with E-state index < -0.39 is 5.54 Å². The van der Waals surface area contributed by atoms with Crippen LogP contribution in [0.1, 0.15) is 49.7 Å². The minimum atomic E-state index is -0.746. The Hall–Kier alpha value is -2.04.